The first-order chi connectivity index (χ1) is 13.0. The van der Waals surface area contributed by atoms with E-state index in [1.165, 1.54) is 0 Å². The Hall–Kier alpha value is -0.280. The quantitative estimate of drug-likeness (QED) is 0.209. The van der Waals surface area contributed by atoms with E-state index in [-0.39, 0.29) is 21.5 Å². The summed E-state index contributed by atoms with van der Waals surface area (Å²) in [5, 5.41) is 0. The van der Waals surface area contributed by atoms with Crippen LogP contribution in [0.1, 0.15) is 99.8 Å². The summed E-state index contributed by atoms with van der Waals surface area (Å²) >= 11 is 5.08. The zero-order chi connectivity index (χ0) is 22.0. The van der Waals surface area contributed by atoms with Gasteiger partial charge in [0.2, 0.25) is 0 Å². The van der Waals surface area contributed by atoms with Gasteiger partial charge in [-0.2, -0.15) is 12.6 Å². The number of hydrogen-bond donors (Lipinski definition) is 1. The zero-order valence-corrected chi connectivity index (χ0v) is 21.0. The van der Waals surface area contributed by atoms with Gasteiger partial charge >= 0.3 is 0 Å². The van der Waals surface area contributed by atoms with Crippen LogP contribution in [0.25, 0.3) is 0 Å². The summed E-state index contributed by atoms with van der Waals surface area (Å²) < 4.78 is 5.47. The SMILES string of the molecule is C=CC(C)(CC(=O)C(CCCC(C)(CC)C(S)(CC)CC)COC)CC(C)C. The van der Waals surface area contributed by atoms with E-state index < -0.39 is 0 Å². The average Bonchev–Trinajstić information content (AvgIpc) is 2.65. The monoisotopic (exact) mass is 412 g/mol. The van der Waals surface area contributed by atoms with E-state index in [1.807, 2.05) is 6.08 Å². The largest absolute Gasteiger partial charge is 0.384 e. The minimum atomic E-state index is -0.125. The summed E-state index contributed by atoms with van der Waals surface area (Å²) in [6.07, 6.45) is 9.83. The smallest absolute Gasteiger partial charge is 0.139 e. The molecule has 0 aliphatic carbocycles. The summed E-state index contributed by atoms with van der Waals surface area (Å²) in [5.41, 5.74) is 0.0629. The van der Waals surface area contributed by atoms with Crippen molar-refractivity contribution < 1.29 is 9.53 Å². The molecule has 0 N–H and O–H groups in total. The van der Waals surface area contributed by atoms with Crippen LogP contribution in [-0.2, 0) is 9.53 Å². The molecule has 3 unspecified atom stereocenters. The molecule has 0 heterocycles. The maximum Gasteiger partial charge on any atom is 0.139 e. The van der Waals surface area contributed by atoms with Crippen LogP contribution in [0.4, 0.5) is 0 Å². The Morgan fingerprint density at radius 2 is 1.71 bits per heavy atom. The van der Waals surface area contributed by atoms with Crippen molar-refractivity contribution in [3.05, 3.63) is 12.7 Å². The lowest BCUT2D eigenvalue weighted by Gasteiger charge is -2.45. The second-order valence-corrected chi connectivity index (χ2v) is 10.7. The van der Waals surface area contributed by atoms with Crippen LogP contribution in [0.3, 0.4) is 0 Å². The van der Waals surface area contributed by atoms with E-state index in [0.29, 0.717) is 24.7 Å². The molecule has 0 aliphatic rings. The Labute approximate surface area is 181 Å². The van der Waals surface area contributed by atoms with Crippen molar-refractivity contribution in [3.8, 4) is 0 Å². The molecule has 166 valence electrons. The fourth-order valence-electron chi connectivity index (χ4n) is 4.82. The number of ether oxygens (including phenoxy) is 1. The number of hydrogen-bond acceptors (Lipinski definition) is 3. The highest BCUT2D eigenvalue weighted by atomic mass is 32.1. The van der Waals surface area contributed by atoms with E-state index in [2.05, 4.69) is 55.0 Å². The average molecular weight is 413 g/mol. The second kappa shape index (κ2) is 12.4. The summed E-state index contributed by atoms with van der Waals surface area (Å²) in [5.74, 6) is 0.856. The molecule has 0 fully saturated rings. The Morgan fingerprint density at radius 3 is 2.11 bits per heavy atom. The molecule has 2 nitrogen and oxygen atoms in total. The van der Waals surface area contributed by atoms with E-state index >= 15 is 0 Å². The van der Waals surface area contributed by atoms with Gasteiger partial charge in [-0.15, -0.1) is 6.58 Å². The van der Waals surface area contributed by atoms with Crippen LogP contribution in [-0.4, -0.2) is 24.2 Å². The molecule has 0 aromatic carbocycles. The third-order valence-electron chi connectivity index (χ3n) is 7.12. The van der Waals surface area contributed by atoms with Crippen molar-refractivity contribution in [1.29, 1.82) is 0 Å². The van der Waals surface area contributed by atoms with Gasteiger partial charge < -0.3 is 4.74 Å². The van der Waals surface area contributed by atoms with Gasteiger partial charge in [0.1, 0.15) is 5.78 Å². The van der Waals surface area contributed by atoms with Crippen LogP contribution in [0, 0.1) is 22.7 Å². The lowest BCUT2D eigenvalue weighted by Crippen LogP contribution is -2.40. The topological polar surface area (TPSA) is 26.3 Å². The predicted octanol–water partition coefficient (Wildman–Crippen LogP) is 7.52. The molecule has 0 spiro atoms. The maximum absolute atomic E-state index is 13.1. The van der Waals surface area contributed by atoms with Gasteiger partial charge in [0, 0.05) is 24.2 Å². The fraction of sp³-hybridized carbons (Fsp3) is 0.880. The number of ketones is 1. The predicted molar refractivity (Wildman–Crippen MR) is 127 cm³/mol. The Morgan fingerprint density at radius 1 is 1.14 bits per heavy atom. The summed E-state index contributed by atoms with van der Waals surface area (Å²) in [7, 11) is 1.70. The molecular formula is C25H48O2S. The first kappa shape index (κ1) is 27.7. The summed E-state index contributed by atoms with van der Waals surface area (Å²) in [6, 6.07) is 0. The minimum absolute atomic E-state index is 0.0184. The first-order valence-corrected chi connectivity index (χ1v) is 11.8. The summed E-state index contributed by atoms with van der Waals surface area (Å²) in [4.78, 5) is 13.1. The fourth-order valence-corrected chi connectivity index (χ4v) is 5.09. The third kappa shape index (κ3) is 7.86. The maximum atomic E-state index is 13.1. The molecule has 0 aromatic heterocycles. The van der Waals surface area contributed by atoms with Gasteiger partial charge in [-0.05, 0) is 55.3 Å². The van der Waals surface area contributed by atoms with Crippen molar-refractivity contribution in [1.82, 2.24) is 0 Å². The normalized spacial score (nSPS) is 17.8. The third-order valence-corrected chi connectivity index (χ3v) is 8.30. The molecule has 0 bridgehead atoms. The van der Waals surface area contributed by atoms with Crippen molar-refractivity contribution in [2.24, 2.45) is 22.7 Å². The number of rotatable bonds is 16. The molecule has 0 aromatic rings. The van der Waals surface area contributed by atoms with Crippen LogP contribution < -0.4 is 0 Å². The van der Waals surface area contributed by atoms with Crippen LogP contribution in [0.15, 0.2) is 12.7 Å². The molecule has 28 heavy (non-hydrogen) atoms. The van der Waals surface area contributed by atoms with Gasteiger partial charge in [0.05, 0.1) is 6.61 Å². The van der Waals surface area contributed by atoms with Crippen LogP contribution in [0.5, 0.6) is 0 Å². The van der Waals surface area contributed by atoms with Crippen molar-refractivity contribution in [2.45, 2.75) is 105 Å². The number of carbonyl (C=O) groups excluding carboxylic acids is 1. The highest BCUT2D eigenvalue weighted by Crippen LogP contribution is 2.48. The van der Waals surface area contributed by atoms with Crippen LogP contribution in [0.2, 0.25) is 0 Å². The minimum Gasteiger partial charge on any atom is -0.384 e. The molecule has 0 radical (unpaired) electrons. The van der Waals surface area contributed by atoms with Crippen LogP contribution >= 0.6 is 12.6 Å². The van der Waals surface area contributed by atoms with Gasteiger partial charge in [0.25, 0.3) is 0 Å². The highest BCUT2D eigenvalue weighted by Gasteiger charge is 2.41. The second-order valence-electron chi connectivity index (χ2n) is 9.80. The lowest BCUT2D eigenvalue weighted by atomic mass is 9.68. The molecule has 0 rings (SSSR count). The number of methoxy groups -OCH3 is 1. The molecule has 3 atom stereocenters. The Bertz CT molecular complexity index is 469. The van der Waals surface area contributed by atoms with E-state index in [1.54, 1.807) is 7.11 Å². The number of allylic oxidation sites excluding steroid dienone is 1. The van der Waals surface area contributed by atoms with Crippen molar-refractivity contribution in [2.75, 3.05) is 13.7 Å². The molecule has 0 saturated heterocycles. The van der Waals surface area contributed by atoms with E-state index in [9.17, 15) is 4.79 Å². The Kier molecular flexibility index (Phi) is 12.3. The molecule has 3 heteroatoms. The number of Topliss-reactive ketones (excluding diaryl/α,β-unsaturated/α-hetero) is 1. The lowest BCUT2D eigenvalue weighted by molar-refractivity contribution is -0.126. The number of thiol groups is 1. The van der Waals surface area contributed by atoms with Crippen molar-refractivity contribution >= 4 is 18.4 Å². The Balaban J connectivity index is 5.07. The van der Waals surface area contributed by atoms with Crippen molar-refractivity contribution in [3.63, 3.8) is 0 Å². The van der Waals surface area contributed by atoms with Gasteiger partial charge in [-0.3, -0.25) is 4.79 Å². The molecule has 0 saturated carbocycles. The standard InChI is InChI=1S/C25H48O2S/c1-10-23(7,17-20(5)6)18-22(26)21(19-27-9)15-14-16-24(8,11-2)25(28,12-3)13-4/h10,20-21,28H,1,11-19H2,2-9H3. The van der Waals surface area contributed by atoms with E-state index in [0.717, 1.165) is 44.9 Å². The highest BCUT2D eigenvalue weighted by molar-refractivity contribution is 7.81. The first-order valence-electron chi connectivity index (χ1n) is 11.3. The zero-order valence-electron chi connectivity index (χ0n) is 20.1. The molecule has 0 aliphatic heterocycles. The van der Waals surface area contributed by atoms with Gasteiger partial charge in [0.15, 0.2) is 0 Å². The summed E-state index contributed by atoms with van der Waals surface area (Å²) in [6.45, 7) is 20.2. The van der Waals surface area contributed by atoms with Gasteiger partial charge in [-0.1, -0.05) is 61.0 Å². The molecule has 0 amide bonds. The number of carbonyl (C=O) groups is 1. The molecular weight excluding hydrogens is 364 g/mol. The van der Waals surface area contributed by atoms with Gasteiger partial charge in [-0.25, -0.2) is 0 Å². The van der Waals surface area contributed by atoms with E-state index in [4.69, 9.17) is 17.4 Å².